The summed E-state index contributed by atoms with van der Waals surface area (Å²) in [5, 5.41) is 2.93. The lowest BCUT2D eigenvalue weighted by atomic mass is 10.1. The highest BCUT2D eigenvalue weighted by Gasteiger charge is 2.27. The molecule has 1 aliphatic heterocycles. The molecule has 0 unspecified atom stereocenters. The van der Waals surface area contributed by atoms with E-state index in [0.29, 0.717) is 24.2 Å². The average molecular weight is 367 g/mol. The molecule has 0 bridgehead atoms. The molecule has 0 saturated carbocycles. The van der Waals surface area contributed by atoms with E-state index in [9.17, 15) is 18.4 Å². The summed E-state index contributed by atoms with van der Waals surface area (Å²) in [5.41, 5.74) is 0.625. The van der Waals surface area contributed by atoms with Gasteiger partial charge in [0.05, 0.1) is 24.4 Å². The van der Waals surface area contributed by atoms with Crippen LogP contribution in [0.3, 0.4) is 0 Å². The van der Waals surface area contributed by atoms with Crippen LogP contribution in [0.2, 0.25) is 0 Å². The Hall–Kier alpha value is -2.55. The summed E-state index contributed by atoms with van der Waals surface area (Å²) in [4.78, 5) is 30.5. The maximum atomic E-state index is 13.8. The highest BCUT2D eigenvalue weighted by Crippen LogP contribution is 2.29. The van der Waals surface area contributed by atoms with Crippen molar-refractivity contribution >= 4 is 28.5 Å². The molecule has 0 saturated heterocycles. The second-order valence-corrected chi connectivity index (χ2v) is 6.42. The van der Waals surface area contributed by atoms with Gasteiger partial charge >= 0.3 is 6.09 Å². The molecule has 0 aliphatic carbocycles. The van der Waals surface area contributed by atoms with Gasteiger partial charge in [-0.2, -0.15) is 0 Å². The molecule has 0 spiro atoms. The van der Waals surface area contributed by atoms with Crippen LogP contribution in [0.25, 0.3) is 0 Å². The monoisotopic (exact) mass is 367 g/mol. The molecular weight excluding hydrogens is 352 g/mol. The Morgan fingerprint density at radius 3 is 2.92 bits per heavy atom. The van der Waals surface area contributed by atoms with Crippen LogP contribution >= 0.6 is 11.3 Å². The maximum absolute atomic E-state index is 13.8. The Morgan fingerprint density at radius 2 is 2.20 bits per heavy atom. The van der Waals surface area contributed by atoms with Gasteiger partial charge in [-0.3, -0.25) is 10.1 Å². The molecule has 1 aliphatic rings. The molecule has 25 heavy (non-hydrogen) atoms. The van der Waals surface area contributed by atoms with E-state index in [0.717, 1.165) is 22.7 Å². The molecule has 2 aromatic rings. The van der Waals surface area contributed by atoms with Gasteiger partial charge in [0.15, 0.2) is 5.13 Å². The van der Waals surface area contributed by atoms with Crippen LogP contribution in [0.5, 0.6) is 0 Å². The van der Waals surface area contributed by atoms with Crippen molar-refractivity contribution in [3.63, 3.8) is 0 Å². The minimum absolute atomic E-state index is 0.167. The van der Waals surface area contributed by atoms with Gasteiger partial charge < -0.3 is 9.64 Å². The average Bonchev–Trinajstić information content (AvgIpc) is 2.95. The SMILES string of the molecule is CCOC(=O)Nc1nc2c(s1)CN(C(=O)c1ccc(F)cc1F)CC2. The van der Waals surface area contributed by atoms with Crippen LogP contribution in [0.1, 0.15) is 27.9 Å². The summed E-state index contributed by atoms with van der Waals surface area (Å²) < 4.78 is 31.6. The molecule has 0 atom stereocenters. The lowest BCUT2D eigenvalue weighted by molar-refractivity contribution is 0.0731. The zero-order valence-electron chi connectivity index (χ0n) is 13.3. The van der Waals surface area contributed by atoms with Gasteiger partial charge in [0.1, 0.15) is 11.6 Å². The van der Waals surface area contributed by atoms with Gasteiger partial charge in [0, 0.05) is 23.9 Å². The second kappa shape index (κ2) is 7.14. The second-order valence-electron chi connectivity index (χ2n) is 5.34. The quantitative estimate of drug-likeness (QED) is 0.904. The third kappa shape index (κ3) is 3.76. The Kier molecular flexibility index (Phi) is 4.93. The Bertz CT molecular complexity index is 825. The van der Waals surface area contributed by atoms with E-state index in [1.54, 1.807) is 6.92 Å². The van der Waals surface area contributed by atoms with E-state index < -0.39 is 23.6 Å². The van der Waals surface area contributed by atoms with E-state index in [1.165, 1.54) is 16.2 Å². The third-order valence-electron chi connectivity index (χ3n) is 3.66. The number of carbonyl (C=O) groups excluding carboxylic acids is 2. The summed E-state index contributed by atoms with van der Waals surface area (Å²) in [6, 6.07) is 2.89. The number of thiazole rings is 1. The topological polar surface area (TPSA) is 71.5 Å². The van der Waals surface area contributed by atoms with Crippen LogP contribution in [0, 0.1) is 11.6 Å². The Morgan fingerprint density at radius 1 is 1.40 bits per heavy atom. The van der Waals surface area contributed by atoms with Crippen molar-refractivity contribution < 1.29 is 23.1 Å². The van der Waals surface area contributed by atoms with Crippen molar-refractivity contribution in [3.05, 3.63) is 46.0 Å². The van der Waals surface area contributed by atoms with Gasteiger partial charge in [-0.15, -0.1) is 0 Å². The van der Waals surface area contributed by atoms with Gasteiger partial charge in [-0.1, -0.05) is 11.3 Å². The zero-order chi connectivity index (χ0) is 18.0. The fraction of sp³-hybridized carbons (Fsp3) is 0.312. The van der Waals surface area contributed by atoms with E-state index in [1.807, 2.05) is 0 Å². The van der Waals surface area contributed by atoms with E-state index in [4.69, 9.17) is 4.74 Å². The number of rotatable bonds is 3. The first-order valence-corrected chi connectivity index (χ1v) is 8.46. The zero-order valence-corrected chi connectivity index (χ0v) is 14.2. The number of nitrogens with zero attached hydrogens (tertiary/aromatic N) is 2. The fourth-order valence-corrected chi connectivity index (χ4v) is 3.52. The number of amides is 2. The lowest BCUT2D eigenvalue weighted by Gasteiger charge is -2.26. The van der Waals surface area contributed by atoms with E-state index in [-0.39, 0.29) is 18.7 Å². The fourth-order valence-electron chi connectivity index (χ4n) is 2.51. The van der Waals surface area contributed by atoms with Gasteiger partial charge in [-0.25, -0.2) is 18.6 Å². The van der Waals surface area contributed by atoms with E-state index >= 15 is 0 Å². The summed E-state index contributed by atoms with van der Waals surface area (Å²) in [6.07, 6.45) is -0.0971. The molecule has 2 amide bonds. The highest BCUT2D eigenvalue weighted by atomic mass is 32.1. The minimum atomic E-state index is -0.884. The molecule has 9 heteroatoms. The number of hydrogen-bond acceptors (Lipinski definition) is 5. The van der Waals surface area contributed by atoms with Crippen LogP contribution < -0.4 is 5.32 Å². The summed E-state index contributed by atoms with van der Waals surface area (Å²) in [5.74, 6) is -2.12. The Balaban J connectivity index is 1.73. The maximum Gasteiger partial charge on any atom is 0.413 e. The van der Waals surface area contributed by atoms with Crippen molar-refractivity contribution in [2.75, 3.05) is 18.5 Å². The molecule has 1 aromatic carbocycles. The van der Waals surface area contributed by atoms with E-state index in [2.05, 4.69) is 10.3 Å². The number of ether oxygens (including phenoxy) is 1. The third-order valence-corrected chi connectivity index (χ3v) is 4.66. The first kappa shape index (κ1) is 17.3. The predicted octanol–water partition coefficient (Wildman–Crippen LogP) is 3.19. The summed E-state index contributed by atoms with van der Waals surface area (Å²) in [7, 11) is 0. The first-order valence-electron chi connectivity index (χ1n) is 7.64. The van der Waals surface area contributed by atoms with Crippen LogP contribution in [0.4, 0.5) is 18.7 Å². The Labute approximate surface area is 146 Å². The number of aromatic nitrogens is 1. The van der Waals surface area contributed by atoms with Crippen LogP contribution in [-0.2, 0) is 17.7 Å². The standard InChI is InChI=1S/C16H15F2N3O3S/c1-2-24-16(23)20-15-19-12-5-6-21(8-13(12)25-15)14(22)10-4-3-9(17)7-11(10)18/h3-4,7H,2,5-6,8H2,1H3,(H,19,20,23). The molecule has 132 valence electrons. The predicted molar refractivity (Wildman–Crippen MR) is 87.6 cm³/mol. The summed E-state index contributed by atoms with van der Waals surface area (Å²) >= 11 is 1.24. The van der Waals surface area contributed by atoms with Gasteiger partial charge in [0.25, 0.3) is 5.91 Å². The molecule has 1 N–H and O–H groups in total. The molecule has 0 radical (unpaired) electrons. The number of carbonyl (C=O) groups is 2. The molecule has 6 nitrogen and oxygen atoms in total. The normalized spacial score (nSPS) is 13.3. The van der Waals surface area contributed by atoms with Gasteiger partial charge in [0.2, 0.25) is 0 Å². The van der Waals surface area contributed by atoms with Crippen molar-refractivity contribution in [1.82, 2.24) is 9.88 Å². The molecular formula is C16H15F2N3O3S. The molecule has 3 rings (SSSR count). The number of nitrogens with one attached hydrogen (secondary N) is 1. The van der Waals surface area contributed by atoms with Crippen molar-refractivity contribution in [2.24, 2.45) is 0 Å². The molecule has 2 heterocycles. The number of fused-ring (bicyclic) bond motifs is 1. The molecule has 1 aromatic heterocycles. The highest BCUT2D eigenvalue weighted by molar-refractivity contribution is 7.15. The number of anilines is 1. The number of hydrogen-bond donors (Lipinski definition) is 1. The van der Waals surface area contributed by atoms with Crippen molar-refractivity contribution in [3.8, 4) is 0 Å². The van der Waals surface area contributed by atoms with Crippen molar-refractivity contribution in [1.29, 1.82) is 0 Å². The number of benzene rings is 1. The smallest absolute Gasteiger partial charge is 0.413 e. The summed E-state index contributed by atoms with van der Waals surface area (Å²) in [6.45, 7) is 2.57. The molecule has 0 fully saturated rings. The van der Waals surface area contributed by atoms with Crippen LogP contribution in [0.15, 0.2) is 18.2 Å². The van der Waals surface area contributed by atoms with Gasteiger partial charge in [-0.05, 0) is 19.1 Å². The first-order chi connectivity index (χ1) is 12.0. The number of halogens is 2. The van der Waals surface area contributed by atoms with Crippen LogP contribution in [-0.4, -0.2) is 35.0 Å². The van der Waals surface area contributed by atoms with Crippen molar-refractivity contribution in [2.45, 2.75) is 19.9 Å². The lowest BCUT2D eigenvalue weighted by Crippen LogP contribution is -2.36. The minimum Gasteiger partial charge on any atom is -0.450 e. The largest absolute Gasteiger partial charge is 0.450 e.